The van der Waals surface area contributed by atoms with Gasteiger partial charge in [-0.2, -0.15) is 0 Å². The lowest BCUT2D eigenvalue weighted by Crippen LogP contribution is -2.27. The molecule has 0 aromatic rings. The summed E-state index contributed by atoms with van der Waals surface area (Å²) in [6.07, 6.45) is 29.8. The van der Waals surface area contributed by atoms with Crippen LogP contribution < -0.4 is 0 Å². The Bertz CT molecular complexity index is 618. The van der Waals surface area contributed by atoms with Gasteiger partial charge in [0.05, 0.1) is 19.1 Å². The number of carbonyl (C=O) groups excluding carboxylic acids is 2. The van der Waals surface area contributed by atoms with Crippen LogP contribution in [-0.2, 0) is 19.1 Å². The van der Waals surface area contributed by atoms with Crippen molar-refractivity contribution < 1.29 is 19.1 Å². The Morgan fingerprint density at radius 2 is 0.907 bits per heavy atom. The first-order chi connectivity index (χ1) is 21.0. The van der Waals surface area contributed by atoms with Crippen LogP contribution >= 0.6 is 0 Å². The molecule has 4 atom stereocenters. The minimum Gasteiger partial charge on any atom is -0.465 e. The number of ether oxygens (including phenoxy) is 2. The van der Waals surface area contributed by atoms with E-state index in [9.17, 15) is 9.59 Å². The van der Waals surface area contributed by atoms with Crippen LogP contribution in [0.15, 0.2) is 0 Å². The predicted octanol–water partition coefficient (Wildman–Crippen LogP) is 12.4. The van der Waals surface area contributed by atoms with Crippen molar-refractivity contribution >= 4 is 11.9 Å². The maximum absolute atomic E-state index is 12.9. The van der Waals surface area contributed by atoms with Crippen LogP contribution in [0, 0.1) is 23.7 Å². The average molecular weight is 609 g/mol. The molecule has 43 heavy (non-hydrogen) atoms. The highest BCUT2D eigenvalue weighted by atomic mass is 16.5. The normalized spacial score (nSPS) is 14.3. The monoisotopic (exact) mass is 609 g/mol. The second-order valence-corrected chi connectivity index (χ2v) is 13.5. The van der Waals surface area contributed by atoms with Gasteiger partial charge in [0.2, 0.25) is 0 Å². The molecule has 0 aromatic heterocycles. The third-order valence-corrected chi connectivity index (χ3v) is 9.82. The highest BCUT2D eigenvalue weighted by Gasteiger charge is 2.27. The van der Waals surface area contributed by atoms with E-state index < -0.39 is 0 Å². The number of esters is 2. The Kier molecular flexibility index (Phi) is 30.2. The zero-order chi connectivity index (χ0) is 32.0. The maximum atomic E-state index is 12.9. The fourth-order valence-electron chi connectivity index (χ4n) is 6.39. The first kappa shape index (κ1) is 41.9. The molecule has 0 aliphatic heterocycles. The van der Waals surface area contributed by atoms with E-state index in [4.69, 9.17) is 9.47 Å². The van der Waals surface area contributed by atoms with Gasteiger partial charge in [-0.05, 0) is 49.9 Å². The van der Waals surface area contributed by atoms with Crippen LogP contribution in [0.1, 0.15) is 202 Å². The topological polar surface area (TPSA) is 52.6 Å². The number of hydrogen-bond acceptors (Lipinski definition) is 4. The summed E-state index contributed by atoms with van der Waals surface area (Å²) >= 11 is 0. The lowest BCUT2D eigenvalue weighted by atomic mass is 9.84. The molecule has 0 saturated heterocycles. The first-order valence-electron chi connectivity index (χ1n) is 19.3. The van der Waals surface area contributed by atoms with Gasteiger partial charge in [0, 0.05) is 6.42 Å². The van der Waals surface area contributed by atoms with Crippen LogP contribution in [0.2, 0.25) is 0 Å². The summed E-state index contributed by atoms with van der Waals surface area (Å²) in [5.74, 6) is 1.67. The smallest absolute Gasteiger partial charge is 0.309 e. The summed E-state index contributed by atoms with van der Waals surface area (Å²) in [6, 6.07) is 0. The van der Waals surface area contributed by atoms with Crippen molar-refractivity contribution in [3.05, 3.63) is 0 Å². The van der Waals surface area contributed by atoms with Gasteiger partial charge in [-0.3, -0.25) is 9.59 Å². The maximum Gasteiger partial charge on any atom is 0.309 e. The van der Waals surface area contributed by atoms with Gasteiger partial charge in [-0.15, -0.1) is 0 Å². The molecule has 0 fully saturated rings. The Morgan fingerprint density at radius 1 is 0.465 bits per heavy atom. The van der Waals surface area contributed by atoms with E-state index >= 15 is 0 Å². The molecular formula is C39H76O4. The van der Waals surface area contributed by atoms with Gasteiger partial charge in [-0.1, -0.05) is 164 Å². The van der Waals surface area contributed by atoms with Crippen LogP contribution in [0.5, 0.6) is 0 Å². The lowest BCUT2D eigenvalue weighted by Gasteiger charge is -2.25. The Balaban J connectivity index is 3.74. The molecule has 0 aliphatic rings. The van der Waals surface area contributed by atoms with E-state index in [1.807, 2.05) is 0 Å². The van der Waals surface area contributed by atoms with E-state index in [2.05, 4.69) is 41.5 Å². The van der Waals surface area contributed by atoms with Crippen molar-refractivity contribution in [1.82, 2.24) is 0 Å². The van der Waals surface area contributed by atoms with E-state index in [1.54, 1.807) is 0 Å². The van der Waals surface area contributed by atoms with Crippen LogP contribution in [-0.4, -0.2) is 25.2 Å². The van der Waals surface area contributed by atoms with E-state index in [0.717, 1.165) is 44.9 Å². The molecule has 0 N–H and O–H groups in total. The molecule has 0 bridgehead atoms. The molecule has 0 saturated carbocycles. The molecule has 4 heteroatoms. The molecule has 0 aromatic carbocycles. The van der Waals surface area contributed by atoms with Crippen LogP contribution in [0.4, 0.5) is 0 Å². The minimum atomic E-state index is 0.00331. The van der Waals surface area contributed by atoms with Gasteiger partial charge in [0.15, 0.2) is 0 Å². The Labute approximate surface area is 269 Å². The Morgan fingerprint density at radius 3 is 1.33 bits per heavy atom. The second-order valence-electron chi connectivity index (χ2n) is 13.5. The van der Waals surface area contributed by atoms with Crippen molar-refractivity contribution in [2.24, 2.45) is 23.7 Å². The van der Waals surface area contributed by atoms with Gasteiger partial charge in [0.25, 0.3) is 0 Å². The SMILES string of the molecule is CCCCC(CC)COC(=O)CCCCCCCCCCCCCCCC(CC)C(CC)C(=O)OCC(CC)CCCC. The highest BCUT2D eigenvalue weighted by molar-refractivity contribution is 5.72. The second kappa shape index (κ2) is 30.9. The molecule has 4 nitrogen and oxygen atoms in total. The quantitative estimate of drug-likeness (QED) is 0.0563. The lowest BCUT2D eigenvalue weighted by molar-refractivity contribution is -0.152. The summed E-state index contributed by atoms with van der Waals surface area (Å²) in [7, 11) is 0. The fraction of sp³-hybridized carbons (Fsp3) is 0.949. The van der Waals surface area contributed by atoms with E-state index in [1.165, 1.54) is 109 Å². The summed E-state index contributed by atoms with van der Waals surface area (Å²) in [5.41, 5.74) is 0. The molecule has 256 valence electrons. The molecule has 0 rings (SSSR count). The molecule has 0 radical (unpaired) electrons. The van der Waals surface area contributed by atoms with Crippen molar-refractivity contribution in [3.8, 4) is 0 Å². The third-order valence-electron chi connectivity index (χ3n) is 9.82. The molecule has 0 amide bonds. The number of hydrogen-bond donors (Lipinski definition) is 0. The van der Waals surface area contributed by atoms with Crippen molar-refractivity contribution in [2.45, 2.75) is 202 Å². The largest absolute Gasteiger partial charge is 0.465 e. The summed E-state index contributed by atoms with van der Waals surface area (Å²) < 4.78 is 11.3. The standard InChI is InChI=1S/C39H76O4/c1-7-13-28-34(9-3)32-42-38(40)31-27-25-23-21-19-17-15-16-18-20-22-24-26-30-36(11-5)37(12-6)39(41)43-33-35(10-4)29-14-8-2/h34-37H,7-33H2,1-6H3. The van der Waals surface area contributed by atoms with Crippen LogP contribution in [0.25, 0.3) is 0 Å². The number of rotatable bonds is 32. The summed E-state index contributed by atoms with van der Waals surface area (Å²) in [4.78, 5) is 24.9. The average Bonchev–Trinajstić information content (AvgIpc) is 3.02. The zero-order valence-corrected chi connectivity index (χ0v) is 30.0. The van der Waals surface area contributed by atoms with E-state index in [-0.39, 0.29) is 17.9 Å². The van der Waals surface area contributed by atoms with Crippen molar-refractivity contribution in [2.75, 3.05) is 13.2 Å². The van der Waals surface area contributed by atoms with Gasteiger partial charge in [0.1, 0.15) is 0 Å². The summed E-state index contributed by atoms with van der Waals surface area (Å²) in [5, 5.41) is 0. The van der Waals surface area contributed by atoms with E-state index in [0.29, 0.717) is 37.4 Å². The van der Waals surface area contributed by atoms with Gasteiger partial charge >= 0.3 is 11.9 Å². The van der Waals surface area contributed by atoms with Crippen LogP contribution in [0.3, 0.4) is 0 Å². The molecular weight excluding hydrogens is 532 g/mol. The number of carbonyl (C=O) groups is 2. The minimum absolute atomic E-state index is 0.00331. The molecule has 4 unspecified atom stereocenters. The summed E-state index contributed by atoms with van der Waals surface area (Å²) in [6.45, 7) is 14.5. The zero-order valence-electron chi connectivity index (χ0n) is 30.0. The van der Waals surface area contributed by atoms with Crippen molar-refractivity contribution in [3.63, 3.8) is 0 Å². The van der Waals surface area contributed by atoms with Crippen molar-refractivity contribution in [1.29, 1.82) is 0 Å². The molecule has 0 spiro atoms. The van der Waals surface area contributed by atoms with Gasteiger partial charge < -0.3 is 9.47 Å². The first-order valence-corrected chi connectivity index (χ1v) is 19.3. The number of unbranched alkanes of at least 4 members (excludes halogenated alkanes) is 14. The third kappa shape index (κ3) is 23.9. The predicted molar refractivity (Wildman–Crippen MR) is 185 cm³/mol. The molecule has 0 heterocycles. The van der Waals surface area contributed by atoms with Gasteiger partial charge in [-0.25, -0.2) is 0 Å². The Hall–Kier alpha value is -1.06. The molecule has 0 aliphatic carbocycles. The fourth-order valence-corrected chi connectivity index (χ4v) is 6.39. The highest BCUT2D eigenvalue weighted by Crippen LogP contribution is 2.27.